The molecule has 0 radical (unpaired) electrons. The number of benzene rings is 3. The van der Waals surface area contributed by atoms with Gasteiger partial charge in [0.2, 0.25) is 11.8 Å². The summed E-state index contributed by atoms with van der Waals surface area (Å²) in [5.74, 6) is 0.793. The molecule has 1 aliphatic heterocycles. The normalized spacial score (nSPS) is 16.5. The zero-order chi connectivity index (χ0) is 21.7. The Labute approximate surface area is 196 Å². The Morgan fingerprint density at radius 3 is 2.31 bits per heavy atom. The van der Waals surface area contributed by atoms with E-state index in [9.17, 15) is 4.79 Å². The maximum Gasteiger partial charge on any atom is 0.326 e. The lowest BCUT2D eigenvalue weighted by Gasteiger charge is -2.20. The van der Waals surface area contributed by atoms with Crippen LogP contribution in [0, 0.1) is 0 Å². The Balaban J connectivity index is 1.38. The van der Waals surface area contributed by atoms with Gasteiger partial charge in [-0.1, -0.05) is 75.6 Å². The highest BCUT2D eigenvalue weighted by atomic mass is 79.9. The Bertz CT molecular complexity index is 1420. The number of halogens is 1. The van der Waals surface area contributed by atoms with E-state index in [0.717, 1.165) is 21.1 Å². The van der Waals surface area contributed by atoms with Crippen molar-refractivity contribution in [2.75, 3.05) is 10.7 Å². The molecule has 0 bridgehead atoms. The number of rotatable bonds is 4. The molecule has 32 heavy (non-hydrogen) atoms. The molecule has 1 saturated heterocycles. The number of anilines is 1. The van der Waals surface area contributed by atoms with Gasteiger partial charge in [-0.05, 0) is 23.8 Å². The molecule has 0 saturated carbocycles. The SMILES string of the molecule is O=C1CSC(c2ccccc2Br)N1c1nnc(Cn2c3ccccc3c3ccccc32)o1. The Morgan fingerprint density at radius 2 is 1.59 bits per heavy atom. The van der Waals surface area contributed by atoms with Crippen LogP contribution in [0.1, 0.15) is 16.8 Å². The van der Waals surface area contributed by atoms with E-state index in [1.165, 1.54) is 10.8 Å². The fraction of sp³-hybridized carbons (Fsp3) is 0.125. The van der Waals surface area contributed by atoms with Gasteiger partial charge in [-0.2, -0.15) is 0 Å². The first-order valence-electron chi connectivity index (χ1n) is 10.2. The summed E-state index contributed by atoms with van der Waals surface area (Å²) in [4.78, 5) is 14.3. The molecule has 3 aromatic carbocycles. The van der Waals surface area contributed by atoms with E-state index < -0.39 is 0 Å². The summed E-state index contributed by atoms with van der Waals surface area (Å²) in [5.41, 5.74) is 3.21. The van der Waals surface area contributed by atoms with Crippen molar-refractivity contribution in [1.29, 1.82) is 0 Å². The third-order valence-corrected chi connectivity index (χ3v) is 7.59. The number of carbonyl (C=O) groups excluding carboxylic acids is 1. The monoisotopic (exact) mass is 504 g/mol. The molecule has 158 valence electrons. The van der Waals surface area contributed by atoms with Crippen molar-refractivity contribution in [2.45, 2.75) is 11.9 Å². The summed E-state index contributed by atoms with van der Waals surface area (Å²) >= 11 is 5.15. The van der Waals surface area contributed by atoms with Crippen LogP contribution in [0.2, 0.25) is 0 Å². The first-order valence-corrected chi connectivity index (χ1v) is 12.0. The first-order chi connectivity index (χ1) is 15.7. The highest BCUT2D eigenvalue weighted by Gasteiger charge is 2.38. The van der Waals surface area contributed by atoms with Crippen LogP contribution in [0.15, 0.2) is 81.7 Å². The number of aromatic nitrogens is 3. The van der Waals surface area contributed by atoms with Crippen molar-refractivity contribution in [2.24, 2.45) is 0 Å². The second kappa shape index (κ2) is 7.79. The third kappa shape index (κ3) is 3.13. The molecule has 0 aliphatic carbocycles. The second-order valence-corrected chi connectivity index (χ2v) is 9.47. The number of para-hydroxylation sites is 2. The van der Waals surface area contributed by atoms with Gasteiger partial charge in [-0.25, -0.2) is 4.90 Å². The van der Waals surface area contributed by atoms with Gasteiger partial charge in [-0.3, -0.25) is 4.79 Å². The average molecular weight is 505 g/mol. The van der Waals surface area contributed by atoms with E-state index in [-0.39, 0.29) is 17.3 Å². The Kier molecular flexibility index (Phi) is 4.77. The molecule has 1 amide bonds. The van der Waals surface area contributed by atoms with Crippen LogP contribution in [0.4, 0.5) is 6.01 Å². The van der Waals surface area contributed by atoms with Gasteiger partial charge >= 0.3 is 6.01 Å². The van der Waals surface area contributed by atoms with Crippen molar-refractivity contribution < 1.29 is 9.21 Å². The van der Waals surface area contributed by atoms with E-state index in [2.05, 4.69) is 55.0 Å². The maximum atomic E-state index is 12.7. The smallest absolute Gasteiger partial charge is 0.326 e. The standard InChI is InChI=1S/C24H17BrN4O2S/c25-18-10-4-1-9-17(18)23-29(22(30)14-32-23)24-27-26-21(31-24)13-28-19-11-5-2-7-15(19)16-8-3-6-12-20(16)28/h1-12,23H,13-14H2. The molecule has 6 rings (SSSR count). The zero-order valence-corrected chi connectivity index (χ0v) is 19.2. The van der Waals surface area contributed by atoms with E-state index in [1.54, 1.807) is 16.7 Å². The molecular weight excluding hydrogens is 488 g/mol. The van der Waals surface area contributed by atoms with Gasteiger partial charge < -0.3 is 8.98 Å². The van der Waals surface area contributed by atoms with E-state index >= 15 is 0 Å². The van der Waals surface area contributed by atoms with E-state index in [0.29, 0.717) is 18.2 Å². The van der Waals surface area contributed by atoms with Crippen molar-refractivity contribution in [3.63, 3.8) is 0 Å². The third-order valence-electron chi connectivity index (χ3n) is 5.67. The minimum absolute atomic E-state index is 0.0391. The number of thioether (sulfide) groups is 1. The van der Waals surface area contributed by atoms with Crippen molar-refractivity contribution >= 4 is 61.4 Å². The minimum Gasteiger partial charge on any atom is -0.406 e. The van der Waals surface area contributed by atoms with Gasteiger partial charge in [-0.15, -0.1) is 16.9 Å². The highest BCUT2D eigenvalue weighted by Crippen LogP contribution is 2.43. The van der Waals surface area contributed by atoms with Crippen LogP contribution in [0.25, 0.3) is 21.8 Å². The highest BCUT2D eigenvalue weighted by molar-refractivity contribution is 9.10. The molecular formula is C24H17BrN4O2S. The summed E-state index contributed by atoms with van der Waals surface area (Å²) in [5, 5.41) is 10.7. The molecule has 8 heteroatoms. The van der Waals surface area contributed by atoms with Crippen LogP contribution < -0.4 is 4.90 Å². The summed E-state index contributed by atoms with van der Waals surface area (Å²) in [7, 11) is 0. The first kappa shape index (κ1) is 19.6. The Hall–Kier alpha value is -3.10. The number of hydrogen-bond donors (Lipinski definition) is 0. The summed E-state index contributed by atoms with van der Waals surface area (Å²) in [6.07, 6.45) is 0. The molecule has 1 atom stereocenters. The molecule has 6 nitrogen and oxygen atoms in total. The van der Waals surface area contributed by atoms with Crippen LogP contribution in [0.5, 0.6) is 0 Å². The summed E-state index contributed by atoms with van der Waals surface area (Å²) in [6, 6.07) is 24.7. The number of nitrogens with zero attached hydrogens (tertiary/aromatic N) is 4. The van der Waals surface area contributed by atoms with Crippen molar-refractivity contribution in [1.82, 2.24) is 14.8 Å². The predicted molar refractivity (Wildman–Crippen MR) is 130 cm³/mol. The number of hydrogen-bond acceptors (Lipinski definition) is 5. The minimum atomic E-state index is -0.209. The largest absolute Gasteiger partial charge is 0.406 e. The average Bonchev–Trinajstić information content (AvgIpc) is 3.51. The summed E-state index contributed by atoms with van der Waals surface area (Å²) < 4.78 is 9.16. The second-order valence-electron chi connectivity index (χ2n) is 7.55. The predicted octanol–water partition coefficient (Wildman–Crippen LogP) is 5.77. The van der Waals surface area contributed by atoms with Gasteiger partial charge in [0, 0.05) is 26.3 Å². The molecule has 0 N–H and O–H groups in total. The number of fused-ring (bicyclic) bond motifs is 3. The fourth-order valence-corrected chi connectivity index (χ4v) is 6.09. The summed E-state index contributed by atoms with van der Waals surface area (Å²) in [6.45, 7) is 0.426. The number of carbonyl (C=O) groups is 1. The van der Waals surface area contributed by atoms with Gasteiger partial charge in [0.1, 0.15) is 11.9 Å². The lowest BCUT2D eigenvalue weighted by Crippen LogP contribution is -2.28. The molecule has 2 aromatic heterocycles. The van der Waals surface area contributed by atoms with Gasteiger partial charge in [0.25, 0.3) is 0 Å². The van der Waals surface area contributed by atoms with Crippen molar-refractivity contribution in [3.05, 3.63) is 88.7 Å². The van der Waals surface area contributed by atoms with Crippen molar-refractivity contribution in [3.8, 4) is 0 Å². The Morgan fingerprint density at radius 1 is 0.938 bits per heavy atom. The van der Waals surface area contributed by atoms with Gasteiger partial charge in [0.15, 0.2) is 0 Å². The molecule has 1 unspecified atom stereocenters. The quantitative estimate of drug-likeness (QED) is 0.311. The molecule has 5 aromatic rings. The van der Waals surface area contributed by atoms with E-state index in [1.807, 2.05) is 48.5 Å². The molecule has 0 spiro atoms. The lowest BCUT2D eigenvalue weighted by molar-refractivity contribution is -0.116. The van der Waals surface area contributed by atoms with Crippen LogP contribution in [-0.4, -0.2) is 26.4 Å². The molecule has 1 fully saturated rings. The van der Waals surface area contributed by atoms with E-state index in [4.69, 9.17) is 4.42 Å². The van der Waals surface area contributed by atoms with Crippen LogP contribution >= 0.6 is 27.7 Å². The zero-order valence-electron chi connectivity index (χ0n) is 16.8. The topological polar surface area (TPSA) is 64.2 Å². The van der Waals surface area contributed by atoms with Crippen LogP contribution in [0.3, 0.4) is 0 Å². The number of amides is 1. The lowest BCUT2D eigenvalue weighted by atomic mass is 10.2. The molecule has 1 aliphatic rings. The van der Waals surface area contributed by atoms with Crippen LogP contribution in [-0.2, 0) is 11.3 Å². The maximum absolute atomic E-state index is 12.7. The van der Waals surface area contributed by atoms with Gasteiger partial charge in [0.05, 0.1) is 5.75 Å². The fourth-order valence-electron chi connectivity index (χ4n) is 4.25. The molecule has 3 heterocycles.